The molecule has 25 heavy (non-hydrogen) atoms. The first-order valence-corrected chi connectivity index (χ1v) is 8.68. The monoisotopic (exact) mass is 401 g/mol. The highest BCUT2D eigenvalue weighted by Gasteiger charge is 2.09. The van der Waals surface area contributed by atoms with Gasteiger partial charge < -0.3 is 14.2 Å². The highest BCUT2D eigenvalue weighted by molar-refractivity contribution is 9.10. The first kappa shape index (κ1) is 18.9. The van der Waals surface area contributed by atoms with E-state index < -0.39 is 0 Å². The van der Waals surface area contributed by atoms with Gasteiger partial charge in [-0.1, -0.05) is 13.0 Å². The van der Waals surface area contributed by atoms with Gasteiger partial charge in [-0.15, -0.1) is 0 Å². The average Bonchev–Trinajstić information content (AvgIpc) is 2.64. The summed E-state index contributed by atoms with van der Waals surface area (Å²) in [5, 5.41) is 9.54. The van der Waals surface area contributed by atoms with Crippen molar-refractivity contribution in [2.45, 2.75) is 13.3 Å². The van der Waals surface area contributed by atoms with E-state index in [9.17, 15) is 5.26 Å². The topological polar surface area (TPSA) is 51.5 Å². The van der Waals surface area contributed by atoms with Crippen LogP contribution in [0.2, 0.25) is 0 Å². The second-order valence-electron chi connectivity index (χ2n) is 5.28. The second kappa shape index (κ2) is 9.14. The maximum atomic E-state index is 9.54. The molecular formula is C20H20BrNO3. The lowest BCUT2D eigenvalue weighted by atomic mass is 10.0. The van der Waals surface area contributed by atoms with E-state index in [1.54, 1.807) is 26.4 Å². The maximum Gasteiger partial charge on any atom is 0.161 e. The lowest BCUT2D eigenvalue weighted by Crippen LogP contribution is -1.95. The van der Waals surface area contributed by atoms with E-state index in [2.05, 4.69) is 28.9 Å². The molecule has 0 aliphatic heterocycles. The van der Waals surface area contributed by atoms with E-state index in [0.717, 1.165) is 27.8 Å². The van der Waals surface area contributed by atoms with Gasteiger partial charge in [-0.25, -0.2) is 0 Å². The third-order valence-corrected chi connectivity index (χ3v) is 4.16. The summed E-state index contributed by atoms with van der Waals surface area (Å²) in [6.45, 7) is 2.73. The van der Waals surface area contributed by atoms with Crippen LogP contribution in [-0.2, 0) is 0 Å². The fraction of sp³-hybridized carbons (Fsp3) is 0.250. The van der Waals surface area contributed by atoms with Crippen molar-refractivity contribution in [3.8, 4) is 23.3 Å². The van der Waals surface area contributed by atoms with Gasteiger partial charge in [0.05, 0.1) is 36.9 Å². The molecule has 5 heteroatoms. The number of rotatable bonds is 7. The lowest BCUT2D eigenvalue weighted by molar-refractivity contribution is 0.315. The molecular weight excluding hydrogens is 382 g/mol. The molecule has 2 rings (SSSR count). The number of hydrogen-bond donors (Lipinski definition) is 0. The van der Waals surface area contributed by atoms with Crippen molar-refractivity contribution >= 4 is 27.6 Å². The molecule has 0 heterocycles. The van der Waals surface area contributed by atoms with E-state index in [0.29, 0.717) is 23.7 Å². The number of benzene rings is 2. The van der Waals surface area contributed by atoms with Crippen LogP contribution in [0.1, 0.15) is 24.5 Å². The van der Waals surface area contributed by atoms with Gasteiger partial charge in [0.25, 0.3) is 0 Å². The Kier molecular flexibility index (Phi) is 6.91. The summed E-state index contributed by atoms with van der Waals surface area (Å²) < 4.78 is 17.1. The van der Waals surface area contributed by atoms with Crippen LogP contribution < -0.4 is 14.2 Å². The molecule has 0 spiro atoms. The van der Waals surface area contributed by atoms with Gasteiger partial charge in [-0.3, -0.25) is 0 Å². The third kappa shape index (κ3) is 4.77. The van der Waals surface area contributed by atoms with Crippen LogP contribution in [0, 0.1) is 11.3 Å². The van der Waals surface area contributed by atoms with Crippen molar-refractivity contribution in [2.75, 3.05) is 20.8 Å². The molecule has 0 saturated carbocycles. The summed E-state index contributed by atoms with van der Waals surface area (Å²) in [5.74, 6) is 2.01. The smallest absolute Gasteiger partial charge is 0.161 e. The molecule has 0 radical (unpaired) electrons. The van der Waals surface area contributed by atoms with Crippen molar-refractivity contribution in [3.05, 3.63) is 52.0 Å². The molecule has 130 valence electrons. The number of methoxy groups -OCH3 is 2. The number of nitrogens with zero attached hydrogens (tertiary/aromatic N) is 1. The molecule has 0 saturated heterocycles. The first-order valence-electron chi connectivity index (χ1n) is 7.89. The van der Waals surface area contributed by atoms with Gasteiger partial charge in [0.2, 0.25) is 0 Å². The molecule has 0 amide bonds. The molecule has 0 bridgehead atoms. The van der Waals surface area contributed by atoms with E-state index in [1.807, 2.05) is 30.3 Å². The van der Waals surface area contributed by atoms with Crippen LogP contribution >= 0.6 is 15.9 Å². The highest BCUT2D eigenvalue weighted by Crippen LogP contribution is 2.32. The van der Waals surface area contributed by atoms with E-state index in [4.69, 9.17) is 14.2 Å². The Hall–Kier alpha value is -2.45. The van der Waals surface area contributed by atoms with Crippen molar-refractivity contribution < 1.29 is 14.2 Å². The normalized spacial score (nSPS) is 10.9. The Labute approximate surface area is 156 Å². The van der Waals surface area contributed by atoms with Crippen molar-refractivity contribution in [1.29, 1.82) is 5.26 Å². The van der Waals surface area contributed by atoms with Gasteiger partial charge in [0.1, 0.15) is 5.75 Å². The van der Waals surface area contributed by atoms with Gasteiger partial charge in [-0.2, -0.15) is 5.26 Å². The number of hydrogen-bond acceptors (Lipinski definition) is 4. The van der Waals surface area contributed by atoms with Crippen LogP contribution in [0.15, 0.2) is 40.9 Å². The molecule has 0 fully saturated rings. The molecule has 2 aromatic rings. The third-order valence-electron chi connectivity index (χ3n) is 3.54. The Morgan fingerprint density at radius 1 is 1.08 bits per heavy atom. The van der Waals surface area contributed by atoms with Crippen LogP contribution in [0.4, 0.5) is 0 Å². The number of nitriles is 1. The van der Waals surface area contributed by atoms with Crippen LogP contribution in [0.3, 0.4) is 0 Å². The zero-order valence-corrected chi connectivity index (χ0v) is 16.1. The minimum Gasteiger partial charge on any atom is -0.493 e. The minimum absolute atomic E-state index is 0.537. The predicted octanol–water partition coefficient (Wildman–Crippen LogP) is 5.32. The molecule has 0 aromatic heterocycles. The molecule has 0 aliphatic carbocycles. The number of halogens is 1. The highest BCUT2D eigenvalue weighted by atomic mass is 79.9. The standard InChI is InChI=1S/C20H20BrNO3/c1-4-9-25-18-7-5-14(11-17(18)21)10-16(13-22)15-6-8-19(23-2)20(12-15)24-3/h5-8,10-12H,4,9H2,1-3H3/b16-10+. The Balaban J connectivity index is 2.34. The zero-order valence-electron chi connectivity index (χ0n) is 14.5. The molecule has 0 aliphatic rings. The summed E-state index contributed by atoms with van der Waals surface area (Å²) in [6, 6.07) is 13.4. The van der Waals surface area contributed by atoms with Gasteiger partial charge in [0.15, 0.2) is 11.5 Å². The molecule has 0 unspecified atom stereocenters. The van der Waals surface area contributed by atoms with E-state index in [-0.39, 0.29) is 0 Å². The fourth-order valence-corrected chi connectivity index (χ4v) is 2.80. The fourth-order valence-electron chi connectivity index (χ4n) is 2.29. The summed E-state index contributed by atoms with van der Waals surface area (Å²) in [5.41, 5.74) is 2.21. The summed E-state index contributed by atoms with van der Waals surface area (Å²) in [7, 11) is 3.15. The minimum atomic E-state index is 0.537. The van der Waals surface area contributed by atoms with Crippen LogP contribution in [-0.4, -0.2) is 20.8 Å². The summed E-state index contributed by atoms with van der Waals surface area (Å²) in [6.07, 6.45) is 2.78. The molecule has 0 N–H and O–H groups in total. The van der Waals surface area contributed by atoms with E-state index >= 15 is 0 Å². The zero-order chi connectivity index (χ0) is 18.2. The Morgan fingerprint density at radius 3 is 2.40 bits per heavy atom. The molecule has 2 aromatic carbocycles. The van der Waals surface area contributed by atoms with Gasteiger partial charge in [-0.05, 0) is 69.9 Å². The average molecular weight is 402 g/mol. The van der Waals surface area contributed by atoms with Crippen LogP contribution in [0.5, 0.6) is 17.2 Å². The molecule has 4 nitrogen and oxygen atoms in total. The quantitative estimate of drug-likeness (QED) is 0.465. The molecule has 0 atom stereocenters. The first-order chi connectivity index (χ1) is 12.1. The van der Waals surface area contributed by atoms with Crippen molar-refractivity contribution in [2.24, 2.45) is 0 Å². The maximum absolute atomic E-state index is 9.54. The van der Waals surface area contributed by atoms with Crippen molar-refractivity contribution in [3.63, 3.8) is 0 Å². The van der Waals surface area contributed by atoms with Crippen LogP contribution in [0.25, 0.3) is 11.6 Å². The van der Waals surface area contributed by atoms with E-state index in [1.165, 1.54) is 0 Å². The lowest BCUT2D eigenvalue weighted by Gasteiger charge is -2.10. The predicted molar refractivity (Wildman–Crippen MR) is 103 cm³/mol. The Bertz CT molecular complexity index is 809. The largest absolute Gasteiger partial charge is 0.493 e. The number of ether oxygens (including phenoxy) is 3. The van der Waals surface area contributed by atoms with Gasteiger partial charge in [0, 0.05) is 0 Å². The second-order valence-corrected chi connectivity index (χ2v) is 6.13. The van der Waals surface area contributed by atoms with Gasteiger partial charge >= 0.3 is 0 Å². The number of allylic oxidation sites excluding steroid dienone is 1. The summed E-state index contributed by atoms with van der Waals surface area (Å²) in [4.78, 5) is 0. The SMILES string of the molecule is CCCOc1ccc(/C=C(\C#N)c2ccc(OC)c(OC)c2)cc1Br. The van der Waals surface area contributed by atoms with Crippen molar-refractivity contribution in [1.82, 2.24) is 0 Å². The summed E-state index contributed by atoms with van der Waals surface area (Å²) >= 11 is 3.51. The Morgan fingerprint density at radius 2 is 1.80 bits per heavy atom.